The van der Waals surface area contributed by atoms with E-state index in [0.717, 1.165) is 12.1 Å². The van der Waals surface area contributed by atoms with Crippen molar-refractivity contribution >= 4 is 11.8 Å². The minimum atomic E-state index is -4.41. The van der Waals surface area contributed by atoms with Gasteiger partial charge in [-0.3, -0.25) is 14.5 Å². The highest BCUT2D eigenvalue weighted by molar-refractivity contribution is 5.88. The number of hydrogen-bond donors (Lipinski definition) is 1. The fourth-order valence-electron chi connectivity index (χ4n) is 3.12. The van der Waals surface area contributed by atoms with Crippen molar-refractivity contribution in [3.63, 3.8) is 0 Å². The number of nitrogens with one attached hydrogen (secondary N) is 1. The second kappa shape index (κ2) is 8.53. The van der Waals surface area contributed by atoms with E-state index in [1.165, 1.54) is 6.07 Å². The lowest BCUT2D eigenvalue weighted by atomic mass is 10.0. The van der Waals surface area contributed by atoms with Crippen molar-refractivity contribution in [3.05, 3.63) is 35.4 Å². The lowest BCUT2D eigenvalue weighted by Crippen LogP contribution is -2.56. The third-order valence-electron chi connectivity index (χ3n) is 4.57. The smallest absolute Gasteiger partial charge is 0.353 e. The van der Waals surface area contributed by atoms with Gasteiger partial charge < -0.3 is 10.2 Å². The summed E-state index contributed by atoms with van der Waals surface area (Å²) < 4.78 is 38.7. The zero-order chi connectivity index (χ0) is 19.3. The first-order chi connectivity index (χ1) is 12.3. The molecule has 1 aliphatic heterocycles. The Balaban J connectivity index is 2.15. The van der Waals surface area contributed by atoms with E-state index >= 15 is 0 Å². The van der Waals surface area contributed by atoms with Crippen LogP contribution in [-0.2, 0) is 22.3 Å². The number of nitrogens with zero attached hydrogens (tertiary/aromatic N) is 2. The number of carbonyl (C=O) groups excluding carboxylic acids is 2. The van der Waals surface area contributed by atoms with E-state index in [2.05, 4.69) is 5.32 Å². The first-order valence-corrected chi connectivity index (χ1v) is 8.72. The van der Waals surface area contributed by atoms with Gasteiger partial charge in [-0.15, -0.1) is 0 Å². The van der Waals surface area contributed by atoms with Crippen LogP contribution < -0.4 is 5.32 Å². The van der Waals surface area contributed by atoms with Gasteiger partial charge in [0, 0.05) is 32.7 Å². The lowest BCUT2D eigenvalue weighted by Gasteiger charge is -2.35. The van der Waals surface area contributed by atoms with E-state index in [1.54, 1.807) is 15.9 Å². The van der Waals surface area contributed by atoms with E-state index < -0.39 is 17.8 Å². The Kier molecular flexibility index (Phi) is 6.63. The number of piperazine rings is 1. The summed E-state index contributed by atoms with van der Waals surface area (Å²) in [6.45, 7) is 5.92. The number of halogens is 3. The van der Waals surface area contributed by atoms with Crippen molar-refractivity contribution in [1.82, 2.24) is 15.1 Å². The molecule has 0 aromatic heterocycles. The van der Waals surface area contributed by atoms with Crippen molar-refractivity contribution in [1.29, 1.82) is 0 Å². The van der Waals surface area contributed by atoms with Gasteiger partial charge >= 0.3 is 6.18 Å². The topological polar surface area (TPSA) is 52.7 Å². The monoisotopic (exact) mass is 371 g/mol. The molecular formula is C18H24F3N3O2. The fourth-order valence-corrected chi connectivity index (χ4v) is 3.12. The highest BCUT2D eigenvalue weighted by Crippen LogP contribution is 2.30. The minimum Gasteiger partial charge on any atom is -0.353 e. The maximum absolute atomic E-state index is 12.9. The molecule has 0 spiro atoms. The number of carbonyl (C=O) groups is 2. The summed E-state index contributed by atoms with van der Waals surface area (Å²) in [5, 5.41) is 2.73. The van der Waals surface area contributed by atoms with Crippen LogP contribution in [0.2, 0.25) is 0 Å². The van der Waals surface area contributed by atoms with Crippen molar-refractivity contribution in [2.24, 2.45) is 0 Å². The molecule has 1 fully saturated rings. The summed E-state index contributed by atoms with van der Waals surface area (Å²) in [5.74, 6) is -0.394. The summed E-state index contributed by atoms with van der Waals surface area (Å²) in [4.78, 5) is 28.0. The molecule has 1 N–H and O–H groups in total. The van der Waals surface area contributed by atoms with Crippen molar-refractivity contribution in [2.75, 3.05) is 26.2 Å². The molecule has 2 amide bonds. The van der Waals surface area contributed by atoms with Gasteiger partial charge in [0.1, 0.15) is 0 Å². The molecule has 8 heteroatoms. The van der Waals surface area contributed by atoms with Crippen LogP contribution >= 0.6 is 0 Å². The molecule has 1 unspecified atom stereocenters. The van der Waals surface area contributed by atoms with Crippen LogP contribution in [0, 0.1) is 0 Å². The number of benzene rings is 1. The van der Waals surface area contributed by atoms with Gasteiger partial charge in [0.05, 0.1) is 18.0 Å². The summed E-state index contributed by atoms with van der Waals surface area (Å²) in [6, 6.07) is 4.40. The molecule has 1 heterocycles. The van der Waals surface area contributed by atoms with Crippen LogP contribution in [0.1, 0.15) is 31.4 Å². The van der Waals surface area contributed by atoms with Gasteiger partial charge in [-0.2, -0.15) is 13.2 Å². The second-order valence-corrected chi connectivity index (χ2v) is 6.25. The Morgan fingerprint density at radius 1 is 1.31 bits per heavy atom. The van der Waals surface area contributed by atoms with Gasteiger partial charge in [0.15, 0.2) is 0 Å². The van der Waals surface area contributed by atoms with E-state index in [9.17, 15) is 22.8 Å². The van der Waals surface area contributed by atoms with E-state index in [-0.39, 0.29) is 24.8 Å². The SMILES string of the molecule is CCN(CC)C(=O)CC1C(=O)NCCN1Cc1cccc(C(F)(F)F)c1. The molecule has 1 aromatic rings. The maximum Gasteiger partial charge on any atom is 0.416 e. The molecule has 1 aliphatic rings. The van der Waals surface area contributed by atoms with Crippen LogP contribution in [-0.4, -0.2) is 53.8 Å². The Bertz CT molecular complexity index is 645. The molecule has 0 aliphatic carbocycles. The Hall–Kier alpha value is -2.09. The Labute approximate surface area is 151 Å². The van der Waals surface area contributed by atoms with Crippen LogP contribution in [0.3, 0.4) is 0 Å². The van der Waals surface area contributed by atoms with Crippen molar-refractivity contribution in [2.45, 2.75) is 39.0 Å². The predicted octanol–water partition coefficient (Wildman–Crippen LogP) is 2.26. The highest BCUT2D eigenvalue weighted by atomic mass is 19.4. The number of hydrogen-bond acceptors (Lipinski definition) is 3. The zero-order valence-corrected chi connectivity index (χ0v) is 15.0. The average molecular weight is 371 g/mol. The molecule has 0 bridgehead atoms. The summed E-state index contributed by atoms with van der Waals surface area (Å²) in [6.07, 6.45) is -4.39. The van der Waals surface area contributed by atoms with Crippen LogP contribution in [0.5, 0.6) is 0 Å². The standard InChI is InChI=1S/C18H24F3N3O2/c1-3-23(4-2)16(25)11-15-17(26)22-8-9-24(15)12-13-6-5-7-14(10-13)18(19,20)21/h5-7,10,15H,3-4,8-9,11-12H2,1-2H3,(H,22,26). The summed E-state index contributed by atoms with van der Waals surface area (Å²) in [5.41, 5.74) is -0.248. The summed E-state index contributed by atoms with van der Waals surface area (Å²) >= 11 is 0. The van der Waals surface area contributed by atoms with E-state index in [4.69, 9.17) is 0 Å². The Morgan fingerprint density at radius 3 is 2.62 bits per heavy atom. The molecule has 1 aromatic carbocycles. The third-order valence-corrected chi connectivity index (χ3v) is 4.57. The molecule has 2 rings (SSSR count). The maximum atomic E-state index is 12.9. The molecule has 0 radical (unpaired) electrons. The van der Waals surface area contributed by atoms with Crippen LogP contribution in [0.4, 0.5) is 13.2 Å². The van der Waals surface area contributed by atoms with Gasteiger partial charge in [-0.1, -0.05) is 18.2 Å². The molecular weight excluding hydrogens is 347 g/mol. The molecule has 26 heavy (non-hydrogen) atoms. The fraction of sp³-hybridized carbons (Fsp3) is 0.556. The largest absolute Gasteiger partial charge is 0.416 e. The normalized spacial score (nSPS) is 18.5. The number of alkyl halides is 3. The third kappa shape index (κ3) is 4.97. The van der Waals surface area contributed by atoms with Crippen molar-refractivity contribution in [3.8, 4) is 0 Å². The Morgan fingerprint density at radius 2 is 2.00 bits per heavy atom. The van der Waals surface area contributed by atoms with Gasteiger partial charge in [-0.05, 0) is 25.5 Å². The van der Waals surface area contributed by atoms with E-state index in [1.807, 2.05) is 13.8 Å². The number of rotatable bonds is 6. The van der Waals surface area contributed by atoms with Gasteiger partial charge in [0.25, 0.3) is 0 Å². The molecule has 1 saturated heterocycles. The first-order valence-electron chi connectivity index (χ1n) is 8.72. The van der Waals surface area contributed by atoms with Gasteiger partial charge in [-0.25, -0.2) is 0 Å². The number of amides is 2. The molecule has 0 saturated carbocycles. The summed E-state index contributed by atoms with van der Waals surface area (Å²) in [7, 11) is 0. The lowest BCUT2D eigenvalue weighted by molar-refractivity contribution is -0.139. The zero-order valence-electron chi connectivity index (χ0n) is 15.0. The average Bonchev–Trinajstić information content (AvgIpc) is 2.58. The van der Waals surface area contributed by atoms with E-state index in [0.29, 0.717) is 31.7 Å². The first kappa shape index (κ1) is 20.2. The minimum absolute atomic E-state index is 0.0203. The molecule has 1 atom stereocenters. The van der Waals surface area contributed by atoms with Crippen LogP contribution in [0.15, 0.2) is 24.3 Å². The molecule has 144 valence electrons. The quantitative estimate of drug-likeness (QED) is 0.835. The molecule has 5 nitrogen and oxygen atoms in total. The van der Waals surface area contributed by atoms with Crippen LogP contribution in [0.25, 0.3) is 0 Å². The predicted molar refractivity (Wildman–Crippen MR) is 91.2 cm³/mol. The van der Waals surface area contributed by atoms with Crippen molar-refractivity contribution < 1.29 is 22.8 Å². The second-order valence-electron chi connectivity index (χ2n) is 6.25. The van der Waals surface area contributed by atoms with Gasteiger partial charge in [0.2, 0.25) is 11.8 Å². The highest BCUT2D eigenvalue weighted by Gasteiger charge is 2.34.